The van der Waals surface area contributed by atoms with E-state index in [1.807, 2.05) is 0 Å². The van der Waals surface area contributed by atoms with Crippen molar-refractivity contribution in [2.75, 3.05) is 6.54 Å². The Hall–Kier alpha value is -1.35. The van der Waals surface area contributed by atoms with E-state index in [4.69, 9.17) is 6.42 Å². The predicted octanol–water partition coefficient (Wildman–Crippen LogP) is 1.24. The summed E-state index contributed by atoms with van der Waals surface area (Å²) < 4.78 is 29.3. The van der Waals surface area contributed by atoms with E-state index in [1.165, 1.54) is 11.1 Å². The van der Waals surface area contributed by atoms with E-state index in [-0.39, 0.29) is 12.6 Å². The van der Waals surface area contributed by atoms with Gasteiger partial charge in [-0.2, -0.15) is 17.9 Å². The Morgan fingerprint density at radius 1 is 1.14 bits per heavy atom. The highest BCUT2D eigenvalue weighted by Crippen LogP contribution is 2.40. The molecule has 0 aliphatic heterocycles. The fourth-order valence-electron chi connectivity index (χ4n) is 3.70. The molecule has 2 unspecified atom stereocenters. The normalized spacial score (nSPS) is 27.7. The van der Waals surface area contributed by atoms with Crippen LogP contribution < -0.4 is 9.44 Å². The van der Waals surface area contributed by atoms with Gasteiger partial charge in [-0.15, -0.1) is 6.42 Å². The summed E-state index contributed by atoms with van der Waals surface area (Å²) in [5.41, 5.74) is 2.73. The Kier molecular flexibility index (Phi) is 4.03. The third kappa shape index (κ3) is 3.13. The van der Waals surface area contributed by atoms with E-state index in [2.05, 4.69) is 39.6 Å². The smallest absolute Gasteiger partial charge is 0.199 e. The minimum atomic E-state index is -3.52. The van der Waals surface area contributed by atoms with Crippen LogP contribution in [0, 0.1) is 24.2 Å². The molecule has 2 aliphatic carbocycles. The van der Waals surface area contributed by atoms with Gasteiger partial charge in [0.25, 0.3) is 10.2 Å². The van der Waals surface area contributed by atoms with E-state index in [0.717, 1.165) is 25.7 Å². The monoisotopic (exact) mass is 304 g/mol. The Labute approximate surface area is 126 Å². The summed E-state index contributed by atoms with van der Waals surface area (Å²) in [5.74, 6) is 3.05. The van der Waals surface area contributed by atoms with Crippen molar-refractivity contribution in [2.24, 2.45) is 11.8 Å². The molecule has 1 aromatic carbocycles. The number of hydrogen-bond acceptors (Lipinski definition) is 2. The highest BCUT2D eigenvalue weighted by molar-refractivity contribution is 7.87. The van der Waals surface area contributed by atoms with Gasteiger partial charge < -0.3 is 0 Å². The van der Waals surface area contributed by atoms with Gasteiger partial charge in [0.2, 0.25) is 0 Å². The Morgan fingerprint density at radius 3 is 2.24 bits per heavy atom. The molecule has 2 atom stereocenters. The molecule has 21 heavy (non-hydrogen) atoms. The van der Waals surface area contributed by atoms with Crippen molar-refractivity contribution in [3.05, 3.63) is 35.4 Å². The average Bonchev–Trinajstić information content (AvgIpc) is 2.71. The van der Waals surface area contributed by atoms with Gasteiger partial charge >= 0.3 is 0 Å². The lowest BCUT2D eigenvalue weighted by molar-refractivity contribution is 0.384. The third-order valence-corrected chi connectivity index (χ3v) is 5.77. The van der Waals surface area contributed by atoms with Crippen LogP contribution in [0.15, 0.2) is 24.3 Å². The van der Waals surface area contributed by atoms with Gasteiger partial charge in [-0.05, 0) is 48.6 Å². The van der Waals surface area contributed by atoms with Crippen molar-refractivity contribution < 1.29 is 8.42 Å². The minimum absolute atomic E-state index is 0.00711. The van der Waals surface area contributed by atoms with Crippen molar-refractivity contribution in [3.8, 4) is 12.3 Å². The Balaban J connectivity index is 1.79. The van der Waals surface area contributed by atoms with Crippen LogP contribution in [0.25, 0.3) is 0 Å². The maximum Gasteiger partial charge on any atom is 0.278 e. The van der Waals surface area contributed by atoms with Gasteiger partial charge in [0.1, 0.15) is 0 Å². The molecule has 0 spiro atoms. The number of hydrogen-bond donors (Lipinski definition) is 2. The molecular formula is C16H20N2O2S. The van der Waals surface area contributed by atoms with Gasteiger partial charge in [0, 0.05) is 6.04 Å². The van der Waals surface area contributed by atoms with Gasteiger partial charge in [0.05, 0.1) is 6.54 Å². The molecule has 1 aromatic rings. The second-order valence-electron chi connectivity index (χ2n) is 5.95. The summed E-state index contributed by atoms with van der Waals surface area (Å²) in [4.78, 5) is 0. The summed E-state index contributed by atoms with van der Waals surface area (Å²) in [7, 11) is -3.52. The predicted molar refractivity (Wildman–Crippen MR) is 82.7 cm³/mol. The zero-order valence-electron chi connectivity index (χ0n) is 11.9. The molecule has 2 bridgehead atoms. The number of nitrogens with one attached hydrogen (secondary N) is 2. The van der Waals surface area contributed by atoms with Gasteiger partial charge in [0.15, 0.2) is 0 Å². The first-order valence-corrected chi connectivity index (χ1v) is 8.84. The largest absolute Gasteiger partial charge is 0.278 e. The van der Waals surface area contributed by atoms with Crippen molar-refractivity contribution in [1.29, 1.82) is 0 Å². The van der Waals surface area contributed by atoms with Crippen LogP contribution in [-0.4, -0.2) is 21.0 Å². The maximum absolute atomic E-state index is 12.0. The summed E-state index contributed by atoms with van der Waals surface area (Å²) in [5, 5.41) is 0. The van der Waals surface area contributed by atoms with Crippen molar-refractivity contribution in [1.82, 2.24) is 9.44 Å². The molecule has 1 fully saturated rings. The molecule has 2 N–H and O–H groups in total. The van der Waals surface area contributed by atoms with Crippen LogP contribution in [0.2, 0.25) is 0 Å². The average molecular weight is 304 g/mol. The van der Waals surface area contributed by atoms with E-state index in [1.54, 1.807) is 0 Å². The lowest BCUT2D eigenvalue weighted by Crippen LogP contribution is -2.47. The van der Waals surface area contributed by atoms with Crippen molar-refractivity contribution >= 4 is 10.2 Å². The number of terminal acetylenes is 1. The van der Waals surface area contributed by atoms with E-state index < -0.39 is 10.2 Å². The standard InChI is InChI=1S/C16H20N2O2S/c1-2-9-17-21(19,20)18-16-14-7-8-15(16)11-13-6-4-3-5-12(13)10-14/h1,3-6,14-18H,7-11H2. The quantitative estimate of drug-likeness (QED) is 0.822. The molecule has 2 aliphatic rings. The lowest BCUT2D eigenvalue weighted by atomic mass is 9.94. The van der Waals surface area contributed by atoms with Crippen LogP contribution in [0.1, 0.15) is 24.0 Å². The minimum Gasteiger partial charge on any atom is -0.199 e. The Morgan fingerprint density at radius 2 is 1.71 bits per heavy atom. The molecule has 0 aromatic heterocycles. The van der Waals surface area contributed by atoms with Gasteiger partial charge in [-0.1, -0.05) is 30.2 Å². The van der Waals surface area contributed by atoms with E-state index in [0.29, 0.717) is 11.8 Å². The van der Waals surface area contributed by atoms with Gasteiger partial charge in [-0.25, -0.2) is 0 Å². The maximum atomic E-state index is 12.0. The zero-order chi connectivity index (χ0) is 14.9. The summed E-state index contributed by atoms with van der Waals surface area (Å²) in [6.07, 6.45) is 9.19. The first kappa shape index (κ1) is 14.6. The number of fused-ring (bicyclic) bond motifs is 3. The topological polar surface area (TPSA) is 58.2 Å². The highest BCUT2D eigenvalue weighted by atomic mass is 32.2. The molecule has 1 saturated carbocycles. The summed E-state index contributed by atoms with van der Waals surface area (Å²) in [6.45, 7) is 0.0254. The number of benzene rings is 1. The second kappa shape index (κ2) is 5.80. The van der Waals surface area contributed by atoms with Gasteiger partial charge in [-0.3, -0.25) is 0 Å². The SMILES string of the molecule is C#CCNS(=O)(=O)NC1C2CCC1Cc1ccccc1C2. The molecule has 3 rings (SSSR count). The first-order chi connectivity index (χ1) is 10.1. The molecular weight excluding hydrogens is 284 g/mol. The number of rotatable bonds is 4. The van der Waals surface area contributed by atoms with Crippen LogP contribution in [0.4, 0.5) is 0 Å². The molecule has 4 nitrogen and oxygen atoms in total. The van der Waals surface area contributed by atoms with E-state index >= 15 is 0 Å². The van der Waals surface area contributed by atoms with Crippen LogP contribution in [-0.2, 0) is 23.1 Å². The van der Waals surface area contributed by atoms with E-state index in [9.17, 15) is 8.42 Å². The molecule has 112 valence electrons. The fourth-order valence-corrected chi connectivity index (χ4v) is 4.80. The summed E-state index contributed by atoms with van der Waals surface area (Å²) >= 11 is 0. The zero-order valence-corrected chi connectivity index (χ0v) is 12.7. The molecule has 0 amide bonds. The van der Waals surface area contributed by atoms with Crippen LogP contribution in [0.5, 0.6) is 0 Å². The molecule has 0 heterocycles. The lowest BCUT2D eigenvalue weighted by Gasteiger charge is -2.23. The molecule has 0 saturated heterocycles. The molecule has 0 radical (unpaired) electrons. The molecule has 5 heteroatoms. The Bertz CT molecular complexity index is 630. The van der Waals surface area contributed by atoms with Crippen LogP contribution in [0.3, 0.4) is 0 Å². The fraction of sp³-hybridized carbons (Fsp3) is 0.500. The van der Waals surface area contributed by atoms with Crippen molar-refractivity contribution in [3.63, 3.8) is 0 Å². The first-order valence-electron chi connectivity index (χ1n) is 7.36. The third-order valence-electron chi connectivity index (χ3n) is 4.66. The van der Waals surface area contributed by atoms with Crippen molar-refractivity contribution in [2.45, 2.75) is 31.7 Å². The highest BCUT2D eigenvalue weighted by Gasteiger charge is 2.40. The van der Waals surface area contributed by atoms with Crippen LogP contribution >= 0.6 is 0 Å². The summed E-state index contributed by atoms with van der Waals surface area (Å²) in [6, 6.07) is 8.46. The second-order valence-corrected chi connectivity index (χ2v) is 7.48.